The van der Waals surface area contributed by atoms with Crippen LogP contribution in [0.4, 0.5) is 5.69 Å². The van der Waals surface area contributed by atoms with Crippen LogP contribution in [0.1, 0.15) is 43.5 Å². The van der Waals surface area contributed by atoms with E-state index in [1.165, 1.54) is 0 Å². The molecular formula is C17H27N3O3S. The normalized spacial score (nSPS) is 17.2. The largest absolute Gasteiger partial charge is 0.351 e. The Morgan fingerprint density at radius 2 is 1.83 bits per heavy atom. The van der Waals surface area contributed by atoms with Crippen molar-refractivity contribution in [1.29, 1.82) is 0 Å². The number of hydrogen-bond donors (Lipinski definition) is 3. The SMILES string of the molecule is CCCS(=O)(=O)Nc1ccc(C(=O)NCC2(C)CCNCC2)cc1. The Labute approximate surface area is 144 Å². The van der Waals surface area contributed by atoms with Gasteiger partial charge in [-0.1, -0.05) is 13.8 Å². The Morgan fingerprint density at radius 3 is 2.42 bits per heavy atom. The van der Waals surface area contributed by atoms with Crippen molar-refractivity contribution in [3.8, 4) is 0 Å². The third-order valence-corrected chi connectivity index (χ3v) is 5.87. The average Bonchev–Trinajstić information content (AvgIpc) is 2.53. The molecule has 1 amide bonds. The summed E-state index contributed by atoms with van der Waals surface area (Å²) in [6.45, 7) is 6.63. The second-order valence-corrected chi connectivity index (χ2v) is 8.58. The van der Waals surface area contributed by atoms with Gasteiger partial charge < -0.3 is 10.6 Å². The number of benzene rings is 1. The molecule has 1 aromatic rings. The Balaban J connectivity index is 1.91. The fourth-order valence-electron chi connectivity index (χ4n) is 2.79. The number of carbonyl (C=O) groups excluding carboxylic acids is 1. The van der Waals surface area contributed by atoms with Crippen molar-refractivity contribution in [3.05, 3.63) is 29.8 Å². The summed E-state index contributed by atoms with van der Waals surface area (Å²) in [5, 5.41) is 6.32. The maximum Gasteiger partial charge on any atom is 0.251 e. The van der Waals surface area contributed by atoms with Gasteiger partial charge in [-0.15, -0.1) is 0 Å². The van der Waals surface area contributed by atoms with E-state index >= 15 is 0 Å². The molecule has 0 atom stereocenters. The Morgan fingerprint density at radius 1 is 1.21 bits per heavy atom. The fourth-order valence-corrected chi connectivity index (χ4v) is 3.93. The van der Waals surface area contributed by atoms with E-state index in [0.29, 0.717) is 24.2 Å². The minimum Gasteiger partial charge on any atom is -0.351 e. The van der Waals surface area contributed by atoms with Gasteiger partial charge in [0.15, 0.2) is 0 Å². The van der Waals surface area contributed by atoms with E-state index in [2.05, 4.69) is 22.3 Å². The van der Waals surface area contributed by atoms with Gasteiger partial charge in [0.1, 0.15) is 0 Å². The van der Waals surface area contributed by atoms with Crippen LogP contribution in [0.25, 0.3) is 0 Å². The zero-order valence-electron chi connectivity index (χ0n) is 14.4. The van der Waals surface area contributed by atoms with Crippen molar-refractivity contribution in [2.45, 2.75) is 33.1 Å². The summed E-state index contributed by atoms with van der Waals surface area (Å²) < 4.78 is 26.0. The average molecular weight is 353 g/mol. The first-order valence-corrected chi connectivity index (χ1v) is 10.1. The molecule has 7 heteroatoms. The van der Waals surface area contributed by atoms with Crippen molar-refractivity contribution in [2.75, 3.05) is 30.1 Å². The Bertz CT molecular complexity index is 650. The van der Waals surface area contributed by atoms with Crippen molar-refractivity contribution in [3.63, 3.8) is 0 Å². The molecule has 0 aliphatic carbocycles. The molecule has 134 valence electrons. The van der Waals surface area contributed by atoms with Crippen molar-refractivity contribution in [2.24, 2.45) is 5.41 Å². The summed E-state index contributed by atoms with van der Waals surface area (Å²) in [5.41, 5.74) is 1.15. The summed E-state index contributed by atoms with van der Waals surface area (Å²) in [5.74, 6) is -0.0411. The van der Waals surface area contributed by atoms with Crippen LogP contribution in [0, 0.1) is 5.41 Å². The van der Waals surface area contributed by atoms with Crippen molar-refractivity contribution in [1.82, 2.24) is 10.6 Å². The minimum atomic E-state index is -3.31. The smallest absolute Gasteiger partial charge is 0.251 e. The molecule has 1 heterocycles. The topological polar surface area (TPSA) is 87.3 Å². The monoisotopic (exact) mass is 353 g/mol. The predicted molar refractivity (Wildman–Crippen MR) is 96.7 cm³/mol. The zero-order chi connectivity index (χ0) is 17.6. The highest BCUT2D eigenvalue weighted by Crippen LogP contribution is 2.26. The quantitative estimate of drug-likeness (QED) is 0.699. The predicted octanol–water partition coefficient (Wildman–Crippen LogP) is 1.96. The molecule has 3 N–H and O–H groups in total. The molecule has 0 saturated carbocycles. The molecule has 2 rings (SSSR count). The van der Waals surface area contributed by atoms with Gasteiger partial charge in [0.2, 0.25) is 10.0 Å². The summed E-state index contributed by atoms with van der Waals surface area (Å²) in [6, 6.07) is 6.52. The first kappa shape index (κ1) is 18.7. The van der Waals surface area contributed by atoms with E-state index in [4.69, 9.17) is 0 Å². The molecule has 24 heavy (non-hydrogen) atoms. The van der Waals surface area contributed by atoms with Gasteiger partial charge >= 0.3 is 0 Å². The highest BCUT2D eigenvalue weighted by atomic mass is 32.2. The third-order valence-electron chi connectivity index (χ3n) is 4.38. The van der Waals surface area contributed by atoms with Crippen LogP contribution in [-0.2, 0) is 10.0 Å². The van der Waals surface area contributed by atoms with Crippen molar-refractivity contribution < 1.29 is 13.2 Å². The van der Waals surface area contributed by atoms with Gasteiger partial charge in [-0.25, -0.2) is 8.42 Å². The minimum absolute atomic E-state index is 0.0860. The Hall–Kier alpha value is -1.60. The molecule has 0 radical (unpaired) electrons. The van der Waals surface area contributed by atoms with Gasteiger partial charge in [0.25, 0.3) is 5.91 Å². The molecule has 6 nitrogen and oxygen atoms in total. The lowest BCUT2D eigenvalue weighted by Gasteiger charge is -2.34. The highest BCUT2D eigenvalue weighted by molar-refractivity contribution is 7.92. The fraction of sp³-hybridized carbons (Fsp3) is 0.588. The van der Waals surface area contributed by atoms with Gasteiger partial charge in [-0.3, -0.25) is 9.52 Å². The van der Waals surface area contributed by atoms with Crippen molar-refractivity contribution >= 4 is 21.6 Å². The van der Waals surface area contributed by atoms with Crippen LogP contribution in [0.5, 0.6) is 0 Å². The van der Waals surface area contributed by atoms with Gasteiger partial charge in [0, 0.05) is 17.8 Å². The molecule has 1 aliphatic heterocycles. The first-order valence-electron chi connectivity index (χ1n) is 8.43. The zero-order valence-corrected chi connectivity index (χ0v) is 15.2. The highest BCUT2D eigenvalue weighted by Gasteiger charge is 2.27. The van der Waals surface area contributed by atoms with Crippen LogP contribution < -0.4 is 15.4 Å². The Kier molecular flexibility index (Phi) is 6.23. The van der Waals surface area contributed by atoms with Crippen LogP contribution in [0.15, 0.2) is 24.3 Å². The van der Waals surface area contributed by atoms with Crippen LogP contribution in [0.2, 0.25) is 0 Å². The number of anilines is 1. The van der Waals surface area contributed by atoms with E-state index < -0.39 is 10.0 Å². The van der Waals surface area contributed by atoms with E-state index in [1.807, 2.05) is 6.92 Å². The lowest BCUT2D eigenvalue weighted by Crippen LogP contribution is -2.42. The first-order chi connectivity index (χ1) is 11.3. The molecule has 0 aromatic heterocycles. The van der Waals surface area contributed by atoms with E-state index in [-0.39, 0.29) is 17.1 Å². The molecule has 1 aliphatic rings. The molecule has 1 saturated heterocycles. The molecule has 0 bridgehead atoms. The van der Waals surface area contributed by atoms with E-state index in [9.17, 15) is 13.2 Å². The summed E-state index contributed by atoms with van der Waals surface area (Å²) in [7, 11) is -3.31. The number of rotatable bonds is 7. The molecule has 1 fully saturated rings. The van der Waals surface area contributed by atoms with Crippen LogP contribution in [-0.4, -0.2) is 39.7 Å². The van der Waals surface area contributed by atoms with Crippen LogP contribution in [0.3, 0.4) is 0 Å². The summed E-state index contributed by atoms with van der Waals surface area (Å²) in [4.78, 5) is 12.3. The number of hydrogen-bond acceptors (Lipinski definition) is 4. The molecule has 1 aromatic carbocycles. The number of carbonyl (C=O) groups is 1. The molecule has 0 unspecified atom stereocenters. The molecule has 0 spiro atoms. The van der Waals surface area contributed by atoms with Crippen LogP contribution >= 0.6 is 0 Å². The second-order valence-electron chi connectivity index (χ2n) is 6.74. The third kappa shape index (κ3) is 5.49. The number of sulfonamides is 1. The lowest BCUT2D eigenvalue weighted by atomic mass is 9.81. The van der Waals surface area contributed by atoms with Gasteiger partial charge in [-0.05, 0) is 62.0 Å². The van der Waals surface area contributed by atoms with E-state index in [0.717, 1.165) is 25.9 Å². The number of piperidine rings is 1. The lowest BCUT2D eigenvalue weighted by molar-refractivity contribution is 0.0922. The maximum absolute atomic E-state index is 12.3. The maximum atomic E-state index is 12.3. The summed E-state index contributed by atoms with van der Waals surface area (Å²) >= 11 is 0. The summed E-state index contributed by atoms with van der Waals surface area (Å²) in [6.07, 6.45) is 2.65. The van der Waals surface area contributed by atoms with Gasteiger partial charge in [0.05, 0.1) is 5.75 Å². The van der Waals surface area contributed by atoms with E-state index in [1.54, 1.807) is 24.3 Å². The van der Waals surface area contributed by atoms with Gasteiger partial charge in [-0.2, -0.15) is 0 Å². The number of amides is 1. The standard InChI is InChI=1S/C17H27N3O3S/c1-3-12-24(22,23)20-15-6-4-14(5-7-15)16(21)19-13-17(2)8-10-18-11-9-17/h4-7,18,20H,3,8-13H2,1-2H3,(H,19,21). The molecular weight excluding hydrogens is 326 g/mol. The second kappa shape index (κ2) is 7.98. The number of nitrogens with one attached hydrogen (secondary N) is 3.